The first kappa shape index (κ1) is 8.75. The molecule has 1 aromatic heterocycles. The van der Waals surface area contributed by atoms with Crippen molar-refractivity contribution >= 4 is 0 Å². The summed E-state index contributed by atoms with van der Waals surface area (Å²) in [4.78, 5) is 0. The van der Waals surface area contributed by atoms with Crippen molar-refractivity contribution in [2.45, 2.75) is 32.2 Å². The molecule has 2 rings (SSSR count). The maximum atomic E-state index is 6.12. The van der Waals surface area contributed by atoms with Crippen molar-refractivity contribution in [1.29, 1.82) is 0 Å². The summed E-state index contributed by atoms with van der Waals surface area (Å²) in [7, 11) is 1.94. The number of nitrogens with zero attached hydrogens (tertiary/aromatic N) is 2. The van der Waals surface area contributed by atoms with Gasteiger partial charge in [-0.15, -0.1) is 0 Å². The van der Waals surface area contributed by atoms with Crippen molar-refractivity contribution in [3.05, 3.63) is 18.0 Å². The van der Waals surface area contributed by atoms with Gasteiger partial charge in [-0.1, -0.05) is 6.92 Å². The van der Waals surface area contributed by atoms with Crippen molar-refractivity contribution in [3.8, 4) is 0 Å². The van der Waals surface area contributed by atoms with Gasteiger partial charge in [-0.25, -0.2) is 0 Å². The largest absolute Gasteiger partial charge is 0.327 e. The van der Waals surface area contributed by atoms with Gasteiger partial charge < -0.3 is 5.73 Å². The van der Waals surface area contributed by atoms with Crippen molar-refractivity contribution in [3.63, 3.8) is 0 Å². The molecule has 3 heteroatoms. The van der Waals surface area contributed by atoms with Crippen LogP contribution in [0.15, 0.2) is 12.4 Å². The number of nitrogens with two attached hydrogens (primary N) is 1. The first-order valence-corrected chi connectivity index (χ1v) is 4.83. The van der Waals surface area contributed by atoms with Crippen LogP contribution in [0.25, 0.3) is 0 Å². The van der Waals surface area contributed by atoms with Crippen LogP contribution in [-0.2, 0) is 13.5 Å². The van der Waals surface area contributed by atoms with Crippen LogP contribution in [0.3, 0.4) is 0 Å². The summed E-state index contributed by atoms with van der Waals surface area (Å²) in [6.07, 6.45) is 7.49. The third-order valence-corrected chi connectivity index (χ3v) is 3.15. The van der Waals surface area contributed by atoms with Crippen LogP contribution in [0.5, 0.6) is 0 Å². The molecule has 2 N–H and O–H groups in total. The molecule has 1 aliphatic rings. The monoisotopic (exact) mass is 179 g/mol. The Labute approximate surface area is 78.9 Å². The molecule has 1 atom stereocenters. The molecular formula is C10H17N3. The van der Waals surface area contributed by atoms with Gasteiger partial charge in [0, 0.05) is 19.3 Å². The number of hydrogen-bond donors (Lipinski definition) is 1. The topological polar surface area (TPSA) is 43.8 Å². The fourth-order valence-electron chi connectivity index (χ4n) is 1.65. The Bertz CT molecular complexity index is 299. The van der Waals surface area contributed by atoms with Gasteiger partial charge in [-0.3, -0.25) is 4.68 Å². The highest BCUT2D eigenvalue weighted by atomic mass is 15.2. The first-order chi connectivity index (χ1) is 6.10. The lowest BCUT2D eigenvalue weighted by Crippen LogP contribution is -2.31. The van der Waals surface area contributed by atoms with Crippen molar-refractivity contribution < 1.29 is 0 Å². The summed E-state index contributed by atoms with van der Waals surface area (Å²) < 4.78 is 1.83. The van der Waals surface area contributed by atoms with Crippen molar-refractivity contribution in [2.24, 2.45) is 18.2 Å². The average Bonchev–Trinajstić information content (AvgIpc) is 2.69. The first-order valence-electron chi connectivity index (χ1n) is 4.83. The molecule has 0 saturated heterocycles. The lowest BCUT2D eigenvalue weighted by molar-refractivity contribution is 0.433. The lowest BCUT2D eigenvalue weighted by Gasteiger charge is -2.17. The Morgan fingerprint density at radius 2 is 2.38 bits per heavy atom. The molecule has 0 spiro atoms. The van der Waals surface area contributed by atoms with Crippen molar-refractivity contribution in [2.75, 3.05) is 0 Å². The Kier molecular flexibility index (Phi) is 1.91. The predicted molar refractivity (Wildman–Crippen MR) is 52.2 cm³/mol. The van der Waals surface area contributed by atoms with Gasteiger partial charge in [0.25, 0.3) is 0 Å². The maximum Gasteiger partial charge on any atom is 0.0522 e. The zero-order chi connectivity index (χ0) is 9.47. The number of hydrogen-bond acceptors (Lipinski definition) is 2. The van der Waals surface area contributed by atoms with Gasteiger partial charge in [0.05, 0.1) is 6.20 Å². The summed E-state index contributed by atoms with van der Waals surface area (Å²) in [6, 6.07) is 0.302. The van der Waals surface area contributed by atoms with E-state index in [-0.39, 0.29) is 0 Å². The Hall–Kier alpha value is -0.830. The van der Waals surface area contributed by atoms with Crippen LogP contribution < -0.4 is 5.73 Å². The summed E-state index contributed by atoms with van der Waals surface area (Å²) in [5, 5.41) is 4.13. The minimum atomic E-state index is 0.302. The van der Waals surface area contributed by atoms with Crippen LogP contribution in [-0.4, -0.2) is 15.8 Å². The number of rotatable bonds is 3. The highest BCUT2D eigenvalue weighted by molar-refractivity contribution is 5.10. The molecule has 0 aliphatic heterocycles. The molecule has 1 unspecified atom stereocenters. The van der Waals surface area contributed by atoms with Crippen LogP contribution in [0.1, 0.15) is 25.3 Å². The molecule has 1 saturated carbocycles. The molecule has 1 aliphatic carbocycles. The molecule has 0 amide bonds. The molecule has 0 radical (unpaired) electrons. The van der Waals surface area contributed by atoms with E-state index in [4.69, 9.17) is 5.73 Å². The molecule has 0 bridgehead atoms. The van der Waals surface area contributed by atoms with Gasteiger partial charge in [0.1, 0.15) is 0 Å². The van der Waals surface area contributed by atoms with E-state index in [1.54, 1.807) is 0 Å². The quantitative estimate of drug-likeness (QED) is 0.755. The zero-order valence-electron chi connectivity index (χ0n) is 8.33. The third-order valence-electron chi connectivity index (χ3n) is 3.15. The van der Waals surface area contributed by atoms with E-state index in [2.05, 4.69) is 12.0 Å². The smallest absolute Gasteiger partial charge is 0.0522 e. The molecule has 1 fully saturated rings. The maximum absolute atomic E-state index is 6.12. The van der Waals surface area contributed by atoms with E-state index < -0.39 is 0 Å². The standard InChI is InChI=1S/C10H17N3/c1-10(3-4-10)9(11)5-8-6-12-13(2)7-8/h6-7,9H,3-5,11H2,1-2H3. The highest BCUT2D eigenvalue weighted by Crippen LogP contribution is 2.47. The van der Waals surface area contributed by atoms with Gasteiger partial charge in [0.2, 0.25) is 0 Å². The fraction of sp³-hybridized carbons (Fsp3) is 0.700. The number of aryl methyl sites for hydroxylation is 1. The highest BCUT2D eigenvalue weighted by Gasteiger charge is 2.42. The van der Waals surface area contributed by atoms with Gasteiger partial charge in [-0.05, 0) is 30.2 Å². The van der Waals surface area contributed by atoms with Crippen molar-refractivity contribution in [1.82, 2.24) is 9.78 Å². The molecular weight excluding hydrogens is 162 g/mol. The van der Waals surface area contributed by atoms with E-state index in [9.17, 15) is 0 Å². The molecule has 1 aromatic rings. The SMILES string of the molecule is Cn1cc(CC(N)C2(C)CC2)cn1. The molecule has 3 nitrogen and oxygen atoms in total. The normalized spacial score (nSPS) is 21.5. The summed E-state index contributed by atoms with van der Waals surface area (Å²) in [6.45, 7) is 2.27. The summed E-state index contributed by atoms with van der Waals surface area (Å²) in [5.74, 6) is 0. The number of aromatic nitrogens is 2. The van der Waals surface area contributed by atoms with E-state index in [1.807, 2.05) is 24.1 Å². The van der Waals surface area contributed by atoms with Gasteiger partial charge in [0.15, 0.2) is 0 Å². The van der Waals surface area contributed by atoms with E-state index in [1.165, 1.54) is 18.4 Å². The minimum absolute atomic E-state index is 0.302. The van der Waals surface area contributed by atoms with E-state index >= 15 is 0 Å². The van der Waals surface area contributed by atoms with Crippen LogP contribution in [0.4, 0.5) is 0 Å². The van der Waals surface area contributed by atoms with E-state index in [0.29, 0.717) is 11.5 Å². The van der Waals surface area contributed by atoms with Crippen LogP contribution in [0, 0.1) is 5.41 Å². The summed E-state index contributed by atoms with van der Waals surface area (Å²) >= 11 is 0. The molecule has 13 heavy (non-hydrogen) atoms. The minimum Gasteiger partial charge on any atom is -0.327 e. The average molecular weight is 179 g/mol. The van der Waals surface area contributed by atoms with Gasteiger partial charge >= 0.3 is 0 Å². The Morgan fingerprint density at radius 1 is 1.69 bits per heavy atom. The fourth-order valence-corrected chi connectivity index (χ4v) is 1.65. The Morgan fingerprint density at radius 3 is 2.85 bits per heavy atom. The Balaban J connectivity index is 1.98. The predicted octanol–water partition coefficient (Wildman–Crippen LogP) is 1.09. The second kappa shape index (κ2) is 2.84. The summed E-state index contributed by atoms with van der Waals surface area (Å²) in [5.41, 5.74) is 7.78. The molecule has 72 valence electrons. The van der Waals surface area contributed by atoms with Crippen LogP contribution in [0.2, 0.25) is 0 Å². The van der Waals surface area contributed by atoms with E-state index in [0.717, 1.165) is 6.42 Å². The zero-order valence-corrected chi connectivity index (χ0v) is 8.33. The second-order valence-electron chi connectivity index (χ2n) is 4.49. The third kappa shape index (κ3) is 1.75. The molecule has 1 heterocycles. The lowest BCUT2D eigenvalue weighted by atomic mass is 9.95. The van der Waals surface area contributed by atoms with Gasteiger partial charge in [-0.2, -0.15) is 5.10 Å². The molecule has 0 aromatic carbocycles. The van der Waals surface area contributed by atoms with Crippen LogP contribution >= 0.6 is 0 Å². The second-order valence-corrected chi connectivity index (χ2v) is 4.49.